The zero-order valence-electron chi connectivity index (χ0n) is 18.7. The molecule has 0 fully saturated rings. The van der Waals surface area contributed by atoms with Crippen LogP contribution in [0, 0.1) is 0 Å². The molecule has 5 heteroatoms. The van der Waals surface area contributed by atoms with E-state index in [1.807, 2.05) is 11.3 Å². The minimum atomic E-state index is 1.25. The second-order valence-electron chi connectivity index (χ2n) is 7.95. The molecule has 0 N–H and O–H groups in total. The summed E-state index contributed by atoms with van der Waals surface area (Å²) in [6, 6.07) is 0. The molecule has 0 aliphatic rings. The average Bonchev–Trinajstić information content (AvgIpc) is 2.98. The molecule has 1 rings (SSSR count). The summed E-state index contributed by atoms with van der Waals surface area (Å²) < 4.78 is 2.62. The molecule has 0 atom stereocenters. The number of hydrogen-bond donors (Lipinski definition) is 0. The van der Waals surface area contributed by atoms with Gasteiger partial charge in [0, 0.05) is 9.79 Å². The van der Waals surface area contributed by atoms with Crippen molar-refractivity contribution in [2.45, 2.75) is 126 Å². The van der Waals surface area contributed by atoms with E-state index in [1.165, 1.54) is 132 Å². The van der Waals surface area contributed by atoms with E-state index in [1.54, 1.807) is 0 Å². The maximum absolute atomic E-state index is 3.80. The summed E-state index contributed by atoms with van der Waals surface area (Å²) >= 11 is 13.6. The standard InChI is InChI=1S/C24H42Br2S3/c1-3-5-7-9-11-13-15-17-19-27-21-22(24(26)29-23(21)25)28-20-18-16-14-12-10-8-6-4-2/h3-20H2,1-2H3. The van der Waals surface area contributed by atoms with Crippen molar-refractivity contribution >= 4 is 66.7 Å². The maximum Gasteiger partial charge on any atom is 0.0857 e. The summed E-state index contributed by atoms with van der Waals surface area (Å²) in [7, 11) is 0. The Morgan fingerprint density at radius 2 is 0.828 bits per heavy atom. The van der Waals surface area contributed by atoms with Crippen molar-refractivity contribution in [3.8, 4) is 0 Å². The zero-order chi connectivity index (χ0) is 21.2. The molecule has 1 heterocycles. The van der Waals surface area contributed by atoms with Crippen LogP contribution in [0.1, 0.15) is 117 Å². The summed E-state index contributed by atoms with van der Waals surface area (Å²) in [6.45, 7) is 4.58. The topological polar surface area (TPSA) is 0 Å². The van der Waals surface area contributed by atoms with Crippen LogP contribution in [0.3, 0.4) is 0 Å². The minimum absolute atomic E-state index is 1.25. The normalized spacial score (nSPS) is 11.4. The van der Waals surface area contributed by atoms with Gasteiger partial charge in [-0.05, 0) is 56.2 Å². The van der Waals surface area contributed by atoms with Crippen LogP contribution in [0.5, 0.6) is 0 Å². The predicted octanol–water partition coefficient (Wildman–Crippen LogP) is 11.7. The van der Waals surface area contributed by atoms with E-state index < -0.39 is 0 Å². The van der Waals surface area contributed by atoms with Crippen molar-refractivity contribution in [1.29, 1.82) is 0 Å². The Labute approximate surface area is 210 Å². The van der Waals surface area contributed by atoms with Crippen molar-refractivity contribution in [3.05, 3.63) is 7.57 Å². The molecular weight excluding hydrogens is 544 g/mol. The molecule has 0 aromatic carbocycles. The lowest BCUT2D eigenvalue weighted by Crippen LogP contribution is -1.86. The Balaban J connectivity index is 2.16. The van der Waals surface area contributed by atoms with Gasteiger partial charge in [-0.3, -0.25) is 0 Å². The summed E-state index contributed by atoms with van der Waals surface area (Å²) in [5.41, 5.74) is 0. The molecule has 0 spiro atoms. The van der Waals surface area contributed by atoms with Crippen LogP contribution in [-0.4, -0.2) is 11.5 Å². The molecule has 0 aliphatic carbocycles. The zero-order valence-corrected chi connectivity index (χ0v) is 24.3. The highest BCUT2D eigenvalue weighted by molar-refractivity contribution is 9.12. The molecule has 0 amide bonds. The molecule has 0 unspecified atom stereocenters. The second-order valence-corrected chi connectivity index (χ2v) is 13.8. The number of rotatable bonds is 20. The number of unbranched alkanes of at least 4 members (excludes halogenated alkanes) is 14. The molecule has 0 radical (unpaired) electrons. The van der Waals surface area contributed by atoms with Crippen LogP contribution in [0.4, 0.5) is 0 Å². The third-order valence-electron chi connectivity index (χ3n) is 5.23. The SMILES string of the molecule is CCCCCCCCCCSc1c(Br)sc(Br)c1SCCCCCCCCCC. The number of thiophene rings is 1. The lowest BCUT2D eigenvalue weighted by Gasteiger charge is -2.07. The first-order chi connectivity index (χ1) is 14.2. The van der Waals surface area contributed by atoms with Gasteiger partial charge in [0.05, 0.1) is 7.57 Å². The second kappa shape index (κ2) is 20.0. The van der Waals surface area contributed by atoms with E-state index in [2.05, 4.69) is 69.2 Å². The van der Waals surface area contributed by atoms with Crippen molar-refractivity contribution in [2.24, 2.45) is 0 Å². The van der Waals surface area contributed by atoms with E-state index in [0.717, 1.165) is 0 Å². The van der Waals surface area contributed by atoms with Crippen molar-refractivity contribution in [1.82, 2.24) is 0 Å². The number of halogens is 2. The van der Waals surface area contributed by atoms with Crippen LogP contribution in [0.15, 0.2) is 17.4 Å². The van der Waals surface area contributed by atoms with Crippen LogP contribution in [0.2, 0.25) is 0 Å². The van der Waals surface area contributed by atoms with E-state index >= 15 is 0 Å². The molecule has 0 nitrogen and oxygen atoms in total. The van der Waals surface area contributed by atoms with Crippen LogP contribution in [-0.2, 0) is 0 Å². The average molecular weight is 587 g/mol. The molecule has 1 aromatic heterocycles. The fourth-order valence-electron chi connectivity index (χ4n) is 3.41. The van der Waals surface area contributed by atoms with Gasteiger partial charge in [-0.2, -0.15) is 0 Å². The fraction of sp³-hybridized carbons (Fsp3) is 0.833. The third-order valence-corrected chi connectivity index (χ3v) is 11.1. The quantitative estimate of drug-likeness (QED) is 0.110. The highest BCUT2D eigenvalue weighted by Crippen LogP contribution is 2.48. The lowest BCUT2D eigenvalue weighted by atomic mass is 10.1. The highest BCUT2D eigenvalue weighted by atomic mass is 79.9. The maximum atomic E-state index is 3.80. The lowest BCUT2D eigenvalue weighted by molar-refractivity contribution is 0.586. The van der Waals surface area contributed by atoms with Gasteiger partial charge < -0.3 is 0 Å². The molecule has 0 aliphatic heterocycles. The predicted molar refractivity (Wildman–Crippen MR) is 146 cm³/mol. The molecule has 29 heavy (non-hydrogen) atoms. The highest BCUT2D eigenvalue weighted by Gasteiger charge is 2.16. The van der Waals surface area contributed by atoms with Crippen molar-refractivity contribution in [3.63, 3.8) is 0 Å². The molecule has 1 aromatic rings. The van der Waals surface area contributed by atoms with Crippen LogP contribution < -0.4 is 0 Å². The van der Waals surface area contributed by atoms with Crippen LogP contribution in [0.25, 0.3) is 0 Å². The molecule has 0 saturated heterocycles. The van der Waals surface area contributed by atoms with E-state index in [-0.39, 0.29) is 0 Å². The molecule has 0 saturated carbocycles. The van der Waals surface area contributed by atoms with Gasteiger partial charge in [-0.1, -0.05) is 104 Å². The summed E-state index contributed by atoms with van der Waals surface area (Å²) in [5, 5.41) is 0. The van der Waals surface area contributed by atoms with Gasteiger partial charge in [0.15, 0.2) is 0 Å². The summed E-state index contributed by atoms with van der Waals surface area (Å²) in [5.74, 6) is 2.50. The Morgan fingerprint density at radius 3 is 1.17 bits per heavy atom. The summed E-state index contributed by atoms with van der Waals surface area (Å²) in [6.07, 6.45) is 22.4. The number of thioether (sulfide) groups is 2. The van der Waals surface area contributed by atoms with Gasteiger partial charge in [0.25, 0.3) is 0 Å². The van der Waals surface area contributed by atoms with Crippen molar-refractivity contribution < 1.29 is 0 Å². The Hall–Kier alpha value is 1.36. The molecule has 170 valence electrons. The van der Waals surface area contributed by atoms with Gasteiger partial charge in [0.1, 0.15) is 0 Å². The van der Waals surface area contributed by atoms with Crippen LogP contribution >= 0.6 is 66.7 Å². The Morgan fingerprint density at radius 1 is 0.517 bits per heavy atom. The molecular formula is C24H42Br2S3. The molecule has 0 bridgehead atoms. The Bertz CT molecular complexity index is 460. The first-order valence-electron chi connectivity index (χ1n) is 11.9. The largest absolute Gasteiger partial charge is 0.123 e. The van der Waals surface area contributed by atoms with Gasteiger partial charge in [-0.25, -0.2) is 0 Å². The van der Waals surface area contributed by atoms with Gasteiger partial charge in [0.2, 0.25) is 0 Å². The minimum Gasteiger partial charge on any atom is -0.123 e. The van der Waals surface area contributed by atoms with Gasteiger partial charge in [-0.15, -0.1) is 34.9 Å². The Kier molecular flexibility index (Phi) is 19.6. The summed E-state index contributed by atoms with van der Waals surface area (Å²) in [4.78, 5) is 2.96. The number of hydrogen-bond acceptors (Lipinski definition) is 3. The fourth-order valence-corrected chi connectivity index (χ4v) is 9.82. The van der Waals surface area contributed by atoms with E-state index in [0.29, 0.717) is 0 Å². The van der Waals surface area contributed by atoms with E-state index in [9.17, 15) is 0 Å². The monoisotopic (exact) mass is 584 g/mol. The first kappa shape index (κ1) is 28.4. The third kappa shape index (κ3) is 14.2. The first-order valence-corrected chi connectivity index (χ1v) is 16.3. The van der Waals surface area contributed by atoms with Gasteiger partial charge >= 0.3 is 0 Å². The smallest absolute Gasteiger partial charge is 0.0857 e. The van der Waals surface area contributed by atoms with E-state index in [4.69, 9.17) is 0 Å². The van der Waals surface area contributed by atoms with Crippen molar-refractivity contribution in [2.75, 3.05) is 11.5 Å².